The second kappa shape index (κ2) is 56.0. The van der Waals surface area contributed by atoms with Gasteiger partial charge in [0.1, 0.15) is 6.61 Å². The number of hydrogen-bond acceptors (Lipinski definition) is 5. The highest BCUT2D eigenvalue weighted by Crippen LogP contribution is 2.17. The fourth-order valence-corrected chi connectivity index (χ4v) is 8.92. The fraction of sp³-hybridized carbons (Fsp3) is 0.932. The summed E-state index contributed by atoms with van der Waals surface area (Å²) in [7, 11) is 0. The van der Waals surface area contributed by atoms with Gasteiger partial charge in [-0.15, -0.1) is 0 Å². The topological polar surface area (TPSA) is 61.8 Å². The van der Waals surface area contributed by atoms with Crippen molar-refractivity contribution in [2.24, 2.45) is 0 Å². The zero-order chi connectivity index (χ0) is 46.3. The largest absolute Gasteiger partial charge is 0.462 e. The average molecular weight is 904 g/mol. The molecule has 0 aromatic rings. The van der Waals surface area contributed by atoms with E-state index in [2.05, 4.69) is 32.9 Å². The molecule has 1 atom stereocenters. The van der Waals surface area contributed by atoms with E-state index in [1.807, 2.05) is 0 Å². The maximum Gasteiger partial charge on any atom is 0.306 e. The summed E-state index contributed by atoms with van der Waals surface area (Å²) in [5.74, 6) is -0.373. The Morgan fingerprint density at radius 3 is 0.969 bits per heavy atom. The highest BCUT2D eigenvalue weighted by molar-refractivity contribution is 5.70. The number of carbonyl (C=O) groups excluding carboxylic acids is 2. The van der Waals surface area contributed by atoms with Crippen molar-refractivity contribution < 1.29 is 23.8 Å². The van der Waals surface area contributed by atoms with E-state index < -0.39 is 6.10 Å². The van der Waals surface area contributed by atoms with Crippen molar-refractivity contribution in [3.63, 3.8) is 0 Å². The van der Waals surface area contributed by atoms with Gasteiger partial charge in [-0.1, -0.05) is 283 Å². The summed E-state index contributed by atoms with van der Waals surface area (Å²) in [6.07, 6.45) is 65.2. The molecule has 0 aliphatic rings. The predicted molar refractivity (Wildman–Crippen MR) is 279 cm³/mol. The Kier molecular flexibility index (Phi) is 54.8. The third kappa shape index (κ3) is 53.3. The summed E-state index contributed by atoms with van der Waals surface area (Å²) in [6.45, 7) is 7.89. The third-order valence-corrected chi connectivity index (χ3v) is 13.3. The van der Waals surface area contributed by atoms with Crippen molar-refractivity contribution in [3.8, 4) is 0 Å². The van der Waals surface area contributed by atoms with E-state index in [4.69, 9.17) is 14.2 Å². The van der Waals surface area contributed by atoms with Crippen molar-refractivity contribution in [1.29, 1.82) is 0 Å². The van der Waals surface area contributed by atoms with E-state index in [0.717, 1.165) is 38.5 Å². The van der Waals surface area contributed by atoms with Gasteiger partial charge >= 0.3 is 11.9 Å². The van der Waals surface area contributed by atoms with E-state index in [9.17, 15) is 9.59 Å². The zero-order valence-corrected chi connectivity index (χ0v) is 43.8. The maximum absolute atomic E-state index is 12.8. The minimum Gasteiger partial charge on any atom is -0.462 e. The van der Waals surface area contributed by atoms with E-state index in [0.29, 0.717) is 26.1 Å². The number of carbonyl (C=O) groups is 2. The molecule has 0 heterocycles. The van der Waals surface area contributed by atoms with E-state index in [-0.39, 0.29) is 18.5 Å². The number of unbranched alkanes of at least 4 members (excludes halogenated alkanes) is 42. The molecule has 0 rings (SSSR count). The fourth-order valence-electron chi connectivity index (χ4n) is 8.92. The highest BCUT2D eigenvalue weighted by atomic mass is 16.6. The lowest BCUT2D eigenvalue weighted by Gasteiger charge is -2.18. The SMILES string of the molecule is CCCCCC/C=C\CCCCCCCCOCC(COC(=O)CCCCCCCCCCCCCCCCCCCCC)OC(=O)CCCCCCCCCCCCCCCCC. The summed E-state index contributed by atoms with van der Waals surface area (Å²) in [6, 6.07) is 0. The molecular weight excluding hydrogens is 789 g/mol. The average Bonchev–Trinajstić information content (AvgIpc) is 3.30. The lowest BCUT2D eigenvalue weighted by molar-refractivity contribution is -0.163. The first-order chi connectivity index (χ1) is 31.6. The van der Waals surface area contributed by atoms with Crippen molar-refractivity contribution in [2.75, 3.05) is 19.8 Å². The van der Waals surface area contributed by atoms with Crippen LogP contribution in [0, 0.1) is 0 Å². The van der Waals surface area contributed by atoms with E-state index in [1.165, 1.54) is 257 Å². The molecule has 5 nitrogen and oxygen atoms in total. The molecule has 1 unspecified atom stereocenters. The van der Waals surface area contributed by atoms with Gasteiger partial charge in [0, 0.05) is 19.4 Å². The lowest BCUT2D eigenvalue weighted by Crippen LogP contribution is -2.30. The molecule has 0 saturated heterocycles. The Hall–Kier alpha value is -1.36. The quantitative estimate of drug-likeness (QED) is 0.0346. The van der Waals surface area contributed by atoms with Gasteiger partial charge in [-0.3, -0.25) is 9.59 Å². The molecule has 0 fully saturated rings. The first-order valence-electron chi connectivity index (χ1n) is 29.2. The van der Waals surface area contributed by atoms with Crippen LogP contribution in [-0.4, -0.2) is 37.9 Å². The molecule has 0 bridgehead atoms. The molecule has 0 aromatic heterocycles. The number of ether oxygens (including phenoxy) is 3. The summed E-state index contributed by atoms with van der Waals surface area (Å²) in [5, 5.41) is 0. The summed E-state index contributed by atoms with van der Waals surface area (Å²) in [4.78, 5) is 25.5. The second-order valence-electron chi connectivity index (χ2n) is 19.9. The van der Waals surface area contributed by atoms with Crippen molar-refractivity contribution >= 4 is 11.9 Å². The Morgan fingerprint density at radius 2 is 0.609 bits per heavy atom. The molecule has 0 radical (unpaired) electrons. The van der Waals surface area contributed by atoms with Crippen LogP contribution in [0.25, 0.3) is 0 Å². The maximum atomic E-state index is 12.8. The van der Waals surface area contributed by atoms with Crippen LogP contribution in [0.5, 0.6) is 0 Å². The summed E-state index contributed by atoms with van der Waals surface area (Å²) >= 11 is 0. The van der Waals surface area contributed by atoms with Crippen LogP contribution in [0.3, 0.4) is 0 Å². The number of esters is 2. The molecule has 0 N–H and O–H groups in total. The van der Waals surface area contributed by atoms with Crippen LogP contribution in [0.2, 0.25) is 0 Å². The standard InChI is InChI=1S/C59H114O5/c1-4-7-10-13-16-19-22-25-28-29-30-31-33-34-37-40-43-46-49-52-58(60)63-56-57(55-62-54-51-48-45-42-39-36-27-24-21-18-15-12-9-6-3)64-59(61)53-50-47-44-41-38-35-32-26-23-20-17-14-11-8-5-2/h21,24,57H,4-20,22-23,25-56H2,1-3H3/b24-21-. The minimum atomic E-state index is -0.530. The van der Waals surface area contributed by atoms with Crippen molar-refractivity contribution in [2.45, 2.75) is 335 Å². The Balaban J connectivity index is 4.18. The van der Waals surface area contributed by atoms with Crippen LogP contribution >= 0.6 is 0 Å². The molecule has 0 spiro atoms. The summed E-state index contributed by atoms with van der Waals surface area (Å²) in [5.41, 5.74) is 0. The molecule has 380 valence electrons. The second-order valence-corrected chi connectivity index (χ2v) is 19.9. The molecule has 0 saturated carbocycles. The van der Waals surface area contributed by atoms with E-state index >= 15 is 0 Å². The number of hydrogen-bond donors (Lipinski definition) is 0. The Bertz CT molecular complexity index is 932. The van der Waals surface area contributed by atoms with Gasteiger partial charge in [0.15, 0.2) is 6.10 Å². The molecule has 5 heteroatoms. The van der Waals surface area contributed by atoms with Crippen LogP contribution in [0.4, 0.5) is 0 Å². The van der Waals surface area contributed by atoms with Crippen LogP contribution in [0.1, 0.15) is 329 Å². The van der Waals surface area contributed by atoms with Gasteiger partial charge in [0.05, 0.1) is 6.61 Å². The summed E-state index contributed by atoms with van der Waals surface area (Å²) < 4.78 is 17.5. The highest BCUT2D eigenvalue weighted by Gasteiger charge is 2.17. The molecular formula is C59H114O5. The Labute approximate surface area is 401 Å². The first kappa shape index (κ1) is 62.6. The zero-order valence-electron chi connectivity index (χ0n) is 43.8. The van der Waals surface area contributed by atoms with Gasteiger partial charge in [-0.2, -0.15) is 0 Å². The number of rotatable bonds is 55. The van der Waals surface area contributed by atoms with Crippen LogP contribution < -0.4 is 0 Å². The van der Waals surface area contributed by atoms with E-state index in [1.54, 1.807) is 0 Å². The van der Waals surface area contributed by atoms with Gasteiger partial charge in [0.2, 0.25) is 0 Å². The normalized spacial score (nSPS) is 12.1. The Morgan fingerprint density at radius 1 is 0.328 bits per heavy atom. The van der Waals surface area contributed by atoms with Crippen molar-refractivity contribution in [1.82, 2.24) is 0 Å². The molecule has 0 amide bonds. The molecule has 0 aromatic carbocycles. The van der Waals surface area contributed by atoms with Crippen molar-refractivity contribution in [3.05, 3.63) is 12.2 Å². The molecule has 0 aliphatic carbocycles. The lowest BCUT2D eigenvalue weighted by atomic mass is 10.0. The van der Waals surface area contributed by atoms with Gasteiger partial charge in [-0.25, -0.2) is 0 Å². The smallest absolute Gasteiger partial charge is 0.306 e. The minimum absolute atomic E-state index is 0.0930. The van der Waals surface area contributed by atoms with Gasteiger partial charge in [0.25, 0.3) is 0 Å². The van der Waals surface area contributed by atoms with Crippen LogP contribution in [-0.2, 0) is 23.8 Å². The third-order valence-electron chi connectivity index (χ3n) is 13.3. The molecule has 0 aliphatic heterocycles. The van der Waals surface area contributed by atoms with Crippen LogP contribution in [0.15, 0.2) is 12.2 Å². The first-order valence-corrected chi connectivity index (χ1v) is 29.2. The number of allylic oxidation sites excluding steroid dienone is 2. The monoisotopic (exact) mass is 903 g/mol. The van der Waals surface area contributed by atoms with Gasteiger partial charge < -0.3 is 14.2 Å². The van der Waals surface area contributed by atoms with Gasteiger partial charge in [-0.05, 0) is 44.9 Å². The predicted octanol–water partition coefficient (Wildman–Crippen LogP) is 19.8. The molecule has 64 heavy (non-hydrogen) atoms.